The van der Waals surface area contributed by atoms with E-state index in [1.165, 1.54) is 0 Å². The summed E-state index contributed by atoms with van der Waals surface area (Å²) in [6.45, 7) is 3.25. The highest BCUT2D eigenvalue weighted by Gasteiger charge is 2.15. The van der Waals surface area contributed by atoms with Crippen molar-refractivity contribution >= 4 is 38.1 Å². The second-order valence-electron chi connectivity index (χ2n) is 8.00. The molecular weight excluding hydrogens is 434 g/mol. The second kappa shape index (κ2) is 8.38. The Kier molecular flexibility index (Phi) is 5.09. The Morgan fingerprint density at radius 1 is 0.909 bits per heavy atom. The van der Waals surface area contributed by atoms with E-state index in [-0.39, 0.29) is 5.75 Å². The fraction of sp³-hybridized carbons (Fsp3) is 0.200. The molecule has 2 aromatic carbocycles. The van der Waals surface area contributed by atoms with Crippen LogP contribution in [0.3, 0.4) is 0 Å². The molecule has 0 atom stereocenters. The molecule has 3 aromatic heterocycles. The summed E-state index contributed by atoms with van der Waals surface area (Å²) in [5.74, 6) is 0.244. The third kappa shape index (κ3) is 3.77. The van der Waals surface area contributed by atoms with Gasteiger partial charge in [0.05, 0.1) is 30.1 Å². The van der Waals surface area contributed by atoms with E-state index in [0.717, 1.165) is 75.6 Å². The number of hydrogen-bond donors (Lipinski definition) is 1. The average Bonchev–Trinajstić information content (AvgIpc) is 3.35. The summed E-state index contributed by atoms with van der Waals surface area (Å²) in [7, 11) is 0. The molecule has 4 heterocycles. The molecule has 1 aliphatic heterocycles. The lowest BCUT2D eigenvalue weighted by Crippen LogP contribution is -2.36. The number of rotatable bonds is 4. The van der Waals surface area contributed by atoms with Crippen LogP contribution >= 0.6 is 11.3 Å². The minimum Gasteiger partial charge on any atom is -0.508 e. The Bertz CT molecular complexity index is 1460. The molecule has 1 aliphatic rings. The van der Waals surface area contributed by atoms with Gasteiger partial charge in [0.15, 0.2) is 0 Å². The third-order valence-electron chi connectivity index (χ3n) is 6.05. The van der Waals surface area contributed by atoms with E-state index in [9.17, 15) is 5.11 Å². The third-order valence-corrected chi connectivity index (χ3v) is 6.87. The number of benzene rings is 2. The first-order chi connectivity index (χ1) is 16.3. The lowest BCUT2D eigenvalue weighted by atomic mass is 10.00. The van der Waals surface area contributed by atoms with Crippen LogP contribution in [-0.2, 0) is 11.2 Å². The maximum atomic E-state index is 10.6. The molecule has 164 valence electrons. The molecule has 0 radical (unpaired) electrons. The molecule has 1 saturated heterocycles. The van der Waals surface area contributed by atoms with Gasteiger partial charge >= 0.3 is 0 Å². The van der Waals surface area contributed by atoms with Crippen LogP contribution in [0.15, 0.2) is 60.5 Å². The summed E-state index contributed by atoms with van der Waals surface area (Å²) >= 11 is 1.59. The lowest BCUT2D eigenvalue weighted by molar-refractivity contribution is 0.122. The van der Waals surface area contributed by atoms with Gasteiger partial charge in [0.25, 0.3) is 0 Å². The van der Waals surface area contributed by atoms with Crippen molar-refractivity contribution in [3.05, 3.63) is 71.8 Å². The van der Waals surface area contributed by atoms with Gasteiger partial charge in [-0.2, -0.15) is 0 Å². The minimum absolute atomic E-state index is 0.244. The summed E-state index contributed by atoms with van der Waals surface area (Å²) in [5, 5.41) is 14.6. The summed E-state index contributed by atoms with van der Waals surface area (Å²) in [4.78, 5) is 21.2. The quantitative estimate of drug-likeness (QED) is 0.429. The molecule has 0 aliphatic carbocycles. The number of phenolic OH excluding ortho intramolecular Hbond substituents is 1. The number of thiophene rings is 1. The smallest absolute Gasteiger partial charge is 0.126 e. The minimum atomic E-state index is 0.244. The highest BCUT2D eigenvalue weighted by molar-refractivity contribution is 7.16. The number of nitrogens with zero attached hydrogens (tertiary/aromatic N) is 5. The zero-order valence-corrected chi connectivity index (χ0v) is 18.6. The molecule has 0 saturated carbocycles. The summed E-state index contributed by atoms with van der Waals surface area (Å²) in [5.41, 5.74) is 5.52. The van der Waals surface area contributed by atoms with Crippen molar-refractivity contribution in [2.24, 2.45) is 0 Å². The van der Waals surface area contributed by atoms with Gasteiger partial charge in [0.2, 0.25) is 0 Å². The van der Waals surface area contributed by atoms with E-state index in [4.69, 9.17) is 4.74 Å². The first-order valence-electron chi connectivity index (χ1n) is 10.8. The first-order valence-corrected chi connectivity index (χ1v) is 11.7. The van der Waals surface area contributed by atoms with Crippen molar-refractivity contribution < 1.29 is 9.84 Å². The zero-order chi connectivity index (χ0) is 22.2. The number of aromatic nitrogens is 4. The second-order valence-corrected chi connectivity index (χ2v) is 8.90. The average molecular weight is 456 g/mol. The lowest BCUT2D eigenvalue weighted by Gasteiger charge is -2.29. The number of anilines is 1. The maximum absolute atomic E-state index is 10.6. The number of aromatic hydroxyl groups is 1. The topological polar surface area (TPSA) is 84.3 Å². The number of phenols is 1. The number of hydrogen-bond acceptors (Lipinski definition) is 8. The van der Waals surface area contributed by atoms with Gasteiger partial charge in [0.1, 0.15) is 23.2 Å². The normalized spacial score (nSPS) is 14.2. The molecule has 0 bridgehead atoms. The first kappa shape index (κ1) is 20.0. The van der Waals surface area contributed by atoms with Crippen molar-refractivity contribution in [2.75, 3.05) is 31.2 Å². The van der Waals surface area contributed by atoms with Crippen LogP contribution in [0.1, 0.15) is 11.3 Å². The number of fused-ring (bicyclic) bond motifs is 2. The van der Waals surface area contributed by atoms with Gasteiger partial charge in [0, 0.05) is 47.1 Å². The van der Waals surface area contributed by atoms with Crippen LogP contribution in [0.25, 0.3) is 32.4 Å². The molecule has 33 heavy (non-hydrogen) atoms. The fourth-order valence-electron chi connectivity index (χ4n) is 4.33. The molecule has 5 aromatic rings. The van der Waals surface area contributed by atoms with Crippen molar-refractivity contribution in [1.82, 2.24) is 19.9 Å². The standard InChI is InChI=1S/C25H21N5O2S/c31-23-4-1-16(11-17(23)12-21-20-5-10-33-25(20)29-15-27-21)24-19-3-2-18(13-22(19)26-14-28-24)30-6-8-32-9-7-30/h1-5,10-11,13-15,31H,6-9,12H2. The molecule has 6 rings (SSSR count). The monoisotopic (exact) mass is 455 g/mol. The van der Waals surface area contributed by atoms with Gasteiger partial charge in [-0.3, -0.25) is 0 Å². The molecule has 1 N–H and O–H groups in total. The van der Waals surface area contributed by atoms with Crippen molar-refractivity contribution in [2.45, 2.75) is 6.42 Å². The Balaban J connectivity index is 1.38. The number of ether oxygens (including phenoxy) is 1. The Labute approximate surface area is 194 Å². The molecule has 0 amide bonds. The molecular formula is C25H21N5O2S. The Morgan fingerprint density at radius 3 is 2.70 bits per heavy atom. The van der Waals surface area contributed by atoms with Crippen LogP contribution in [0.2, 0.25) is 0 Å². The Morgan fingerprint density at radius 2 is 1.79 bits per heavy atom. The van der Waals surface area contributed by atoms with E-state index in [2.05, 4.69) is 43.0 Å². The van der Waals surface area contributed by atoms with Crippen LogP contribution in [0.5, 0.6) is 5.75 Å². The molecule has 0 unspecified atom stereocenters. The van der Waals surface area contributed by atoms with E-state index in [0.29, 0.717) is 6.42 Å². The van der Waals surface area contributed by atoms with Crippen LogP contribution < -0.4 is 4.90 Å². The highest BCUT2D eigenvalue weighted by Crippen LogP contribution is 2.33. The molecule has 8 heteroatoms. The van der Waals surface area contributed by atoms with Crippen molar-refractivity contribution in [1.29, 1.82) is 0 Å². The van der Waals surface area contributed by atoms with Crippen LogP contribution in [0, 0.1) is 0 Å². The summed E-state index contributed by atoms with van der Waals surface area (Å²) in [6, 6.07) is 14.0. The van der Waals surface area contributed by atoms with E-state index < -0.39 is 0 Å². The largest absolute Gasteiger partial charge is 0.508 e. The van der Waals surface area contributed by atoms with Crippen LogP contribution in [-0.4, -0.2) is 51.3 Å². The van der Waals surface area contributed by atoms with Crippen molar-refractivity contribution in [3.63, 3.8) is 0 Å². The summed E-state index contributed by atoms with van der Waals surface area (Å²) in [6.07, 6.45) is 3.70. The predicted molar refractivity (Wildman–Crippen MR) is 130 cm³/mol. The van der Waals surface area contributed by atoms with E-state index in [1.807, 2.05) is 23.6 Å². The van der Waals surface area contributed by atoms with Gasteiger partial charge < -0.3 is 14.7 Å². The molecule has 7 nitrogen and oxygen atoms in total. The molecule has 0 spiro atoms. The number of morpholine rings is 1. The van der Waals surface area contributed by atoms with Crippen LogP contribution in [0.4, 0.5) is 5.69 Å². The SMILES string of the molecule is Oc1ccc(-c2ncnc3cc(N4CCOCC4)ccc23)cc1Cc1ncnc2sccc12. The Hall–Kier alpha value is -3.62. The fourth-order valence-corrected chi connectivity index (χ4v) is 5.08. The van der Waals surface area contributed by atoms with E-state index in [1.54, 1.807) is 30.1 Å². The van der Waals surface area contributed by atoms with Crippen molar-refractivity contribution in [3.8, 4) is 17.0 Å². The molecule has 1 fully saturated rings. The van der Waals surface area contributed by atoms with Gasteiger partial charge in [-0.05, 0) is 47.8 Å². The summed E-state index contributed by atoms with van der Waals surface area (Å²) < 4.78 is 5.47. The maximum Gasteiger partial charge on any atom is 0.126 e. The van der Waals surface area contributed by atoms with Gasteiger partial charge in [-0.1, -0.05) is 0 Å². The van der Waals surface area contributed by atoms with Gasteiger partial charge in [-0.25, -0.2) is 19.9 Å². The zero-order valence-electron chi connectivity index (χ0n) is 17.8. The highest BCUT2D eigenvalue weighted by atomic mass is 32.1. The van der Waals surface area contributed by atoms with Gasteiger partial charge in [-0.15, -0.1) is 11.3 Å². The predicted octanol–water partition coefficient (Wildman–Crippen LogP) is 4.43. The van der Waals surface area contributed by atoms with E-state index >= 15 is 0 Å².